The first kappa shape index (κ1) is 12.6. The lowest BCUT2D eigenvalue weighted by Crippen LogP contribution is -2.24. The fourth-order valence-electron chi connectivity index (χ4n) is 2.32. The number of aromatic carboxylic acids is 1. The molecule has 2 rings (SSSR count). The molecule has 94 valence electrons. The molecule has 0 spiro atoms. The lowest BCUT2D eigenvalue weighted by Gasteiger charge is -2.19. The van der Waals surface area contributed by atoms with Gasteiger partial charge in [0.25, 0.3) is 0 Å². The van der Waals surface area contributed by atoms with Gasteiger partial charge < -0.3 is 5.11 Å². The summed E-state index contributed by atoms with van der Waals surface area (Å²) in [6.07, 6.45) is 5.21. The summed E-state index contributed by atoms with van der Waals surface area (Å²) in [5, 5.41) is 8.97. The largest absolute Gasteiger partial charge is 0.477 e. The number of likely N-dealkylation sites (tertiary alicyclic amines) is 1. The summed E-state index contributed by atoms with van der Waals surface area (Å²) >= 11 is 1.39. The maximum Gasteiger partial charge on any atom is 0.345 e. The van der Waals surface area contributed by atoms with Gasteiger partial charge in [-0.25, -0.2) is 4.79 Å². The summed E-state index contributed by atoms with van der Waals surface area (Å²) in [5.74, 6) is -0.805. The van der Waals surface area contributed by atoms with Crippen LogP contribution in [0.25, 0.3) is 0 Å². The average Bonchev–Trinajstić information content (AvgIpc) is 2.52. The van der Waals surface area contributed by atoms with Gasteiger partial charge in [0, 0.05) is 11.4 Å². The van der Waals surface area contributed by atoms with Gasteiger partial charge in [0.2, 0.25) is 0 Å². The molecular formula is C13H19NO2S. The molecule has 0 amide bonds. The number of thiophene rings is 1. The Labute approximate surface area is 106 Å². The minimum Gasteiger partial charge on any atom is -0.477 e. The number of carboxylic acid groups (broad SMARTS) is 1. The molecule has 0 aromatic carbocycles. The van der Waals surface area contributed by atoms with Gasteiger partial charge in [0.05, 0.1) is 0 Å². The predicted octanol–water partition coefficient (Wildman–Crippen LogP) is 3.13. The molecule has 2 heterocycles. The summed E-state index contributed by atoms with van der Waals surface area (Å²) in [5.41, 5.74) is 1.19. The Morgan fingerprint density at radius 1 is 1.35 bits per heavy atom. The molecule has 0 saturated carbocycles. The minimum atomic E-state index is -0.805. The molecule has 1 aliphatic rings. The average molecular weight is 253 g/mol. The zero-order chi connectivity index (χ0) is 12.3. The molecule has 1 aliphatic heterocycles. The van der Waals surface area contributed by atoms with E-state index in [1.165, 1.54) is 42.6 Å². The van der Waals surface area contributed by atoms with Crippen LogP contribution >= 0.6 is 11.3 Å². The number of carbonyl (C=O) groups is 1. The van der Waals surface area contributed by atoms with Crippen LogP contribution in [0.4, 0.5) is 0 Å². The maximum atomic E-state index is 10.9. The van der Waals surface area contributed by atoms with Crippen LogP contribution in [-0.4, -0.2) is 29.1 Å². The van der Waals surface area contributed by atoms with E-state index in [2.05, 4.69) is 4.90 Å². The van der Waals surface area contributed by atoms with Crippen molar-refractivity contribution in [2.45, 2.75) is 39.2 Å². The summed E-state index contributed by atoms with van der Waals surface area (Å²) < 4.78 is 0. The number of rotatable bonds is 3. The Balaban J connectivity index is 2.04. The number of nitrogens with zero attached hydrogens (tertiary/aromatic N) is 1. The number of hydrogen-bond acceptors (Lipinski definition) is 3. The Bertz CT molecular complexity index is 392. The van der Waals surface area contributed by atoms with Crippen molar-refractivity contribution in [2.75, 3.05) is 13.1 Å². The van der Waals surface area contributed by atoms with Gasteiger partial charge in [-0.05, 0) is 44.5 Å². The highest BCUT2D eigenvalue weighted by atomic mass is 32.1. The topological polar surface area (TPSA) is 40.5 Å². The molecule has 0 aliphatic carbocycles. The van der Waals surface area contributed by atoms with Crippen molar-refractivity contribution in [1.29, 1.82) is 0 Å². The molecule has 1 fully saturated rings. The van der Waals surface area contributed by atoms with E-state index in [-0.39, 0.29) is 0 Å². The molecule has 0 atom stereocenters. The fourth-order valence-corrected chi connectivity index (χ4v) is 3.19. The van der Waals surface area contributed by atoms with Crippen LogP contribution in [0.15, 0.2) is 6.07 Å². The Morgan fingerprint density at radius 3 is 2.53 bits per heavy atom. The van der Waals surface area contributed by atoms with E-state index in [4.69, 9.17) is 5.11 Å². The van der Waals surface area contributed by atoms with E-state index in [0.29, 0.717) is 4.88 Å². The van der Waals surface area contributed by atoms with Crippen LogP contribution in [0.2, 0.25) is 0 Å². The maximum absolute atomic E-state index is 10.9. The van der Waals surface area contributed by atoms with Crippen LogP contribution in [0.1, 0.15) is 45.8 Å². The highest BCUT2D eigenvalue weighted by molar-refractivity contribution is 7.14. The number of hydrogen-bond donors (Lipinski definition) is 1. The van der Waals surface area contributed by atoms with Crippen LogP contribution < -0.4 is 0 Å². The SMILES string of the molecule is Cc1sc(C(=O)O)cc1CN1CCCCCC1. The first-order valence-corrected chi connectivity index (χ1v) is 7.03. The molecule has 0 bridgehead atoms. The molecule has 0 unspecified atom stereocenters. The third-order valence-corrected chi connectivity index (χ3v) is 4.40. The van der Waals surface area contributed by atoms with Gasteiger partial charge in [0.1, 0.15) is 4.88 Å². The lowest BCUT2D eigenvalue weighted by atomic mass is 10.2. The summed E-state index contributed by atoms with van der Waals surface area (Å²) in [6.45, 7) is 5.23. The van der Waals surface area contributed by atoms with E-state index in [9.17, 15) is 4.79 Å². The van der Waals surface area contributed by atoms with E-state index in [1.807, 2.05) is 13.0 Å². The van der Waals surface area contributed by atoms with Crippen LogP contribution in [0.3, 0.4) is 0 Å². The van der Waals surface area contributed by atoms with Crippen LogP contribution in [0, 0.1) is 6.92 Å². The van der Waals surface area contributed by atoms with Crippen molar-refractivity contribution < 1.29 is 9.90 Å². The summed E-state index contributed by atoms with van der Waals surface area (Å²) in [4.78, 5) is 15.0. The Hall–Kier alpha value is -0.870. The van der Waals surface area contributed by atoms with Crippen molar-refractivity contribution in [1.82, 2.24) is 4.90 Å². The molecule has 17 heavy (non-hydrogen) atoms. The Kier molecular flexibility index (Phi) is 4.18. The summed E-state index contributed by atoms with van der Waals surface area (Å²) in [6, 6.07) is 1.84. The highest BCUT2D eigenvalue weighted by Gasteiger charge is 2.15. The van der Waals surface area contributed by atoms with Gasteiger partial charge >= 0.3 is 5.97 Å². The quantitative estimate of drug-likeness (QED) is 0.899. The van der Waals surface area contributed by atoms with E-state index in [0.717, 1.165) is 24.5 Å². The van der Waals surface area contributed by atoms with Crippen LogP contribution in [0.5, 0.6) is 0 Å². The smallest absolute Gasteiger partial charge is 0.345 e. The molecule has 1 aromatic rings. The molecule has 3 nitrogen and oxygen atoms in total. The van der Waals surface area contributed by atoms with Crippen molar-refractivity contribution in [3.05, 3.63) is 21.4 Å². The third-order valence-electron chi connectivity index (χ3n) is 3.32. The van der Waals surface area contributed by atoms with Crippen molar-refractivity contribution >= 4 is 17.3 Å². The molecule has 1 N–H and O–H groups in total. The van der Waals surface area contributed by atoms with Crippen molar-refractivity contribution in [3.63, 3.8) is 0 Å². The molecule has 0 radical (unpaired) electrons. The normalized spacial score (nSPS) is 17.9. The minimum absolute atomic E-state index is 0.465. The second kappa shape index (κ2) is 5.65. The van der Waals surface area contributed by atoms with Crippen molar-refractivity contribution in [3.8, 4) is 0 Å². The first-order chi connectivity index (χ1) is 8.16. The Morgan fingerprint density at radius 2 is 2.00 bits per heavy atom. The molecular weight excluding hydrogens is 234 g/mol. The summed E-state index contributed by atoms with van der Waals surface area (Å²) in [7, 11) is 0. The molecule has 1 aromatic heterocycles. The third kappa shape index (κ3) is 3.30. The van der Waals surface area contributed by atoms with Gasteiger partial charge in [0.15, 0.2) is 0 Å². The van der Waals surface area contributed by atoms with Gasteiger partial charge in [-0.1, -0.05) is 12.8 Å². The first-order valence-electron chi connectivity index (χ1n) is 6.22. The van der Waals surface area contributed by atoms with Gasteiger partial charge in [-0.3, -0.25) is 4.90 Å². The molecule has 4 heteroatoms. The fraction of sp³-hybridized carbons (Fsp3) is 0.615. The zero-order valence-corrected chi connectivity index (χ0v) is 11.1. The monoisotopic (exact) mass is 253 g/mol. The lowest BCUT2D eigenvalue weighted by molar-refractivity contribution is 0.0702. The predicted molar refractivity (Wildman–Crippen MR) is 69.8 cm³/mol. The zero-order valence-electron chi connectivity index (χ0n) is 10.2. The van der Waals surface area contributed by atoms with Gasteiger partial charge in [-0.2, -0.15) is 0 Å². The standard InChI is InChI=1S/C13H19NO2S/c1-10-11(8-12(17-10)13(15)16)9-14-6-4-2-3-5-7-14/h8H,2-7,9H2,1H3,(H,15,16). The van der Waals surface area contributed by atoms with Crippen LogP contribution in [-0.2, 0) is 6.54 Å². The highest BCUT2D eigenvalue weighted by Crippen LogP contribution is 2.24. The van der Waals surface area contributed by atoms with E-state index >= 15 is 0 Å². The second-order valence-corrected chi connectivity index (χ2v) is 5.94. The number of aryl methyl sites for hydroxylation is 1. The van der Waals surface area contributed by atoms with E-state index < -0.39 is 5.97 Å². The number of carboxylic acids is 1. The van der Waals surface area contributed by atoms with Gasteiger partial charge in [-0.15, -0.1) is 11.3 Å². The second-order valence-electron chi connectivity index (χ2n) is 4.69. The van der Waals surface area contributed by atoms with Crippen molar-refractivity contribution in [2.24, 2.45) is 0 Å². The molecule has 1 saturated heterocycles. The van der Waals surface area contributed by atoms with E-state index in [1.54, 1.807) is 0 Å².